The maximum atomic E-state index is 5.55. The molecule has 3 rings (SSSR count). The Hall–Kier alpha value is -1.02. The van der Waals surface area contributed by atoms with Gasteiger partial charge in [0.2, 0.25) is 0 Å². The predicted octanol–water partition coefficient (Wildman–Crippen LogP) is 4.38. The van der Waals surface area contributed by atoms with Crippen LogP contribution in [0.25, 0.3) is 0 Å². The molecule has 1 aromatic rings. The lowest BCUT2D eigenvalue weighted by molar-refractivity contribution is 0.222. The van der Waals surface area contributed by atoms with Crippen molar-refractivity contribution in [2.24, 2.45) is 0 Å². The van der Waals surface area contributed by atoms with E-state index in [0.717, 1.165) is 11.7 Å². The molecule has 0 spiro atoms. The average Bonchev–Trinajstić information content (AvgIpc) is 2.55. The second-order valence-electron chi connectivity index (χ2n) is 6.66. The summed E-state index contributed by atoms with van der Waals surface area (Å²) in [6.45, 7) is 3.96. The van der Waals surface area contributed by atoms with E-state index in [1.54, 1.807) is 12.7 Å². The van der Waals surface area contributed by atoms with Crippen LogP contribution in [-0.4, -0.2) is 31.6 Å². The monoisotopic (exact) mass is 287 g/mol. The molecule has 116 valence electrons. The van der Waals surface area contributed by atoms with E-state index < -0.39 is 0 Å². The fourth-order valence-corrected chi connectivity index (χ4v) is 4.15. The quantitative estimate of drug-likeness (QED) is 0.797. The summed E-state index contributed by atoms with van der Waals surface area (Å²) in [7, 11) is 1.80. The highest BCUT2D eigenvalue weighted by atomic mass is 16.5. The van der Waals surface area contributed by atoms with Crippen LogP contribution in [0.1, 0.15) is 62.0 Å². The number of hydrogen-bond donors (Lipinski definition) is 0. The van der Waals surface area contributed by atoms with Crippen LogP contribution in [0.5, 0.6) is 5.75 Å². The van der Waals surface area contributed by atoms with Crippen LogP contribution in [0.4, 0.5) is 0 Å². The Labute approximate surface area is 129 Å². The molecule has 0 saturated carbocycles. The second kappa shape index (κ2) is 7.31. The maximum absolute atomic E-state index is 5.55. The van der Waals surface area contributed by atoms with Crippen LogP contribution >= 0.6 is 0 Å². The first-order chi connectivity index (χ1) is 10.4. The zero-order chi connectivity index (χ0) is 14.5. The van der Waals surface area contributed by atoms with Crippen molar-refractivity contribution >= 4 is 0 Å². The van der Waals surface area contributed by atoms with Gasteiger partial charge in [-0.25, -0.2) is 0 Å². The van der Waals surface area contributed by atoms with E-state index in [1.165, 1.54) is 76.6 Å². The van der Waals surface area contributed by atoms with Crippen LogP contribution < -0.4 is 4.74 Å². The van der Waals surface area contributed by atoms with E-state index >= 15 is 0 Å². The fraction of sp³-hybridized carbons (Fsp3) is 0.684. The van der Waals surface area contributed by atoms with Crippen LogP contribution in [0.2, 0.25) is 0 Å². The number of nitrogens with zero attached hydrogens (tertiary/aromatic N) is 1. The van der Waals surface area contributed by atoms with Gasteiger partial charge in [0.1, 0.15) is 5.75 Å². The molecule has 1 saturated heterocycles. The van der Waals surface area contributed by atoms with Gasteiger partial charge in [0.25, 0.3) is 0 Å². The number of fused-ring (bicyclic) bond motifs is 1. The van der Waals surface area contributed by atoms with Gasteiger partial charge in [0.05, 0.1) is 7.11 Å². The lowest BCUT2D eigenvalue weighted by Gasteiger charge is -2.29. The summed E-state index contributed by atoms with van der Waals surface area (Å²) in [6, 6.07) is 6.62. The first kappa shape index (κ1) is 14.9. The molecule has 2 nitrogen and oxygen atoms in total. The predicted molar refractivity (Wildman–Crippen MR) is 88.2 cm³/mol. The highest BCUT2D eigenvalue weighted by molar-refractivity contribution is 5.43. The minimum Gasteiger partial charge on any atom is -0.496 e. The Morgan fingerprint density at radius 3 is 2.81 bits per heavy atom. The van der Waals surface area contributed by atoms with E-state index in [0.29, 0.717) is 0 Å². The first-order valence-corrected chi connectivity index (χ1v) is 8.76. The van der Waals surface area contributed by atoms with E-state index in [2.05, 4.69) is 23.1 Å². The number of ether oxygens (including phenoxy) is 1. The van der Waals surface area contributed by atoms with Crippen molar-refractivity contribution < 1.29 is 4.74 Å². The molecule has 1 aliphatic heterocycles. The summed E-state index contributed by atoms with van der Waals surface area (Å²) in [5.74, 6) is 1.86. The van der Waals surface area contributed by atoms with E-state index in [4.69, 9.17) is 4.74 Å². The molecule has 0 radical (unpaired) electrons. The highest BCUT2D eigenvalue weighted by Crippen LogP contribution is 2.38. The zero-order valence-corrected chi connectivity index (χ0v) is 13.4. The van der Waals surface area contributed by atoms with Gasteiger partial charge in [-0.15, -0.1) is 0 Å². The Kier molecular flexibility index (Phi) is 5.18. The third kappa shape index (κ3) is 3.60. The van der Waals surface area contributed by atoms with E-state index in [1.807, 2.05) is 0 Å². The lowest BCUT2D eigenvalue weighted by Crippen LogP contribution is -2.30. The van der Waals surface area contributed by atoms with Crippen LogP contribution in [0, 0.1) is 0 Å². The molecule has 0 bridgehead atoms. The molecule has 0 N–H and O–H groups in total. The van der Waals surface area contributed by atoms with Crippen LogP contribution in [0.15, 0.2) is 18.2 Å². The van der Waals surface area contributed by atoms with Crippen molar-refractivity contribution in [2.45, 2.75) is 57.3 Å². The summed E-state index contributed by atoms with van der Waals surface area (Å²) >= 11 is 0. The van der Waals surface area contributed by atoms with Crippen molar-refractivity contribution in [1.82, 2.24) is 4.90 Å². The minimum absolute atomic E-state index is 0.758. The lowest BCUT2D eigenvalue weighted by atomic mass is 9.80. The van der Waals surface area contributed by atoms with Gasteiger partial charge in [0.15, 0.2) is 0 Å². The third-order valence-electron chi connectivity index (χ3n) is 5.28. The fourth-order valence-electron chi connectivity index (χ4n) is 4.15. The van der Waals surface area contributed by atoms with Gasteiger partial charge >= 0.3 is 0 Å². The molecule has 2 heteroatoms. The van der Waals surface area contributed by atoms with Crippen molar-refractivity contribution in [3.8, 4) is 5.75 Å². The van der Waals surface area contributed by atoms with Crippen LogP contribution in [0.3, 0.4) is 0 Å². The second-order valence-corrected chi connectivity index (χ2v) is 6.66. The standard InChI is InChI=1S/C19H29NO/c1-21-19-12-6-10-17-16(8-5-11-18(17)19)9-7-15-20-13-3-2-4-14-20/h6,10,12,16H,2-5,7-9,11,13-15H2,1H3/t16-/m1/s1. The number of hydrogen-bond acceptors (Lipinski definition) is 2. The summed E-state index contributed by atoms with van der Waals surface area (Å²) in [5, 5.41) is 0. The van der Waals surface area contributed by atoms with Crippen molar-refractivity contribution in [3.63, 3.8) is 0 Å². The molecule has 0 unspecified atom stereocenters. The highest BCUT2D eigenvalue weighted by Gasteiger charge is 2.22. The zero-order valence-electron chi connectivity index (χ0n) is 13.4. The Morgan fingerprint density at radius 1 is 1.14 bits per heavy atom. The Bertz CT molecular complexity index is 451. The molecular formula is C19H29NO. The largest absolute Gasteiger partial charge is 0.496 e. The van der Waals surface area contributed by atoms with Gasteiger partial charge in [-0.05, 0) is 87.7 Å². The third-order valence-corrected chi connectivity index (χ3v) is 5.28. The average molecular weight is 287 g/mol. The van der Waals surface area contributed by atoms with Crippen molar-refractivity contribution in [3.05, 3.63) is 29.3 Å². The molecule has 1 aliphatic carbocycles. The van der Waals surface area contributed by atoms with Gasteiger partial charge in [-0.1, -0.05) is 18.6 Å². The van der Waals surface area contributed by atoms with Crippen LogP contribution in [-0.2, 0) is 6.42 Å². The maximum Gasteiger partial charge on any atom is 0.122 e. The SMILES string of the molecule is COc1cccc2c1CCC[C@@H]2CCCN1CCCCC1. The van der Waals surface area contributed by atoms with Gasteiger partial charge in [-0.3, -0.25) is 0 Å². The molecule has 1 fully saturated rings. The molecule has 0 aromatic heterocycles. The van der Waals surface area contributed by atoms with Crippen molar-refractivity contribution in [1.29, 1.82) is 0 Å². The molecule has 21 heavy (non-hydrogen) atoms. The smallest absolute Gasteiger partial charge is 0.122 e. The van der Waals surface area contributed by atoms with E-state index in [-0.39, 0.29) is 0 Å². The summed E-state index contributed by atoms with van der Waals surface area (Å²) in [5.41, 5.74) is 3.05. The molecule has 1 aromatic carbocycles. The topological polar surface area (TPSA) is 12.5 Å². The number of rotatable bonds is 5. The number of methoxy groups -OCH3 is 1. The summed E-state index contributed by atoms with van der Waals surface area (Å²) in [6.07, 6.45) is 10.8. The summed E-state index contributed by atoms with van der Waals surface area (Å²) in [4.78, 5) is 2.67. The Balaban J connectivity index is 1.57. The number of benzene rings is 1. The summed E-state index contributed by atoms with van der Waals surface area (Å²) < 4.78 is 5.55. The number of piperidine rings is 1. The number of likely N-dealkylation sites (tertiary alicyclic amines) is 1. The minimum atomic E-state index is 0.758. The van der Waals surface area contributed by atoms with Gasteiger partial charge in [-0.2, -0.15) is 0 Å². The molecule has 1 heterocycles. The molecular weight excluding hydrogens is 258 g/mol. The van der Waals surface area contributed by atoms with Gasteiger partial charge in [0, 0.05) is 0 Å². The Morgan fingerprint density at radius 2 is 2.00 bits per heavy atom. The van der Waals surface area contributed by atoms with Crippen molar-refractivity contribution in [2.75, 3.05) is 26.7 Å². The van der Waals surface area contributed by atoms with E-state index in [9.17, 15) is 0 Å². The first-order valence-electron chi connectivity index (χ1n) is 8.76. The molecule has 1 atom stereocenters. The van der Waals surface area contributed by atoms with Gasteiger partial charge < -0.3 is 9.64 Å². The molecule has 0 amide bonds. The molecule has 2 aliphatic rings. The normalized spacial score (nSPS) is 22.8.